The number of rotatable bonds is 5. The first-order valence-electron chi connectivity index (χ1n) is 7.00. The van der Waals surface area contributed by atoms with Crippen LogP contribution in [0.2, 0.25) is 0 Å². The molecule has 1 aliphatic rings. The number of carbonyl (C=O) groups excluding carboxylic acids is 1. The van der Waals surface area contributed by atoms with Gasteiger partial charge in [0.1, 0.15) is 0 Å². The summed E-state index contributed by atoms with van der Waals surface area (Å²) in [5, 5.41) is 10.0. The maximum Gasteiger partial charge on any atom is 0.257 e. The van der Waals surface area contributed by atoms with Gasteiger partial charge in [0.15, 0.2) is 0 Å². The van der Waals surface area contributed by atoms with Crippen LogP contribution in [-0.2, 0) is 11.2 Å². The lowest BCUT2D eigenvalue weighted by molar-refractivity contribution is 0.0795. The first-order valence-corrected chi connectivity index (χ1v) is 7.88. The number of aromatic amines is 1. The molecule has 3 rings (SSSR count). The third-order valence-electron chi connectivity index (χ3n) is 3.73. The van der Waals surface area contributed by atoms with E-state index in [2.05, 4.69) is 15.2 Å². The number of amides is 1. The summed E-state index contributed by atoms with van der Waals surface area (Å²) in [5.41, 5.74) is 1.56. The van der Waals surface area contributed by atoms with Gasteiger partial charge in [-0.3, -0.25) is 9.89 Å². The molecule has 0 aromatic carbocycles. The highest BCUT2D eigenvalue weighted by Crippen LogP contribution is 2.26. The molecule has 21 heavy (non-hydrogen) atoms. The van der Waals surface area contributed by atoms with Crippen LogP contribution in [0.15, 0.2) is 17.8 Å². The summed E-state index contributed by atoms with van der Waals surface area (Å²) < 4.78 is 5.39. The third kappa shape index (κ3) is 3.14. The van der Waals surface area contributed by atoms with Crippen molar-refractivity contribution in [1.29, 1.82) is 0 Å². The van der Waals surface area contributed by atoms with E-state index < -0.39 is 0 Å². The molecule has 1 unspecified atom stereocenters. The number of carbonyl (C=O) groups is 1. The number of hydrogen-bond acceptors (Lipinski definition) is 5. The Bertz CT molecular complexity index is 590. The lowest BCUT2D eigenvalue weighted by Crippen LogP contribution is -2.29. The van der Waals surface area contributed by atoms with E-state index in [-0.39, 0.29) is 11.8 Å². The van der Waals surface area contributed by atoms with Crippen molar-refractivity contribution in [3.8, 4) is 0 Å². The van der Waals surface area contributed by atoms with E-state index >= 15 is 0 Å². The monoisotopic (exact) mass is 306 g/mol. The molecule has 1 atom stereocenters. The van der Waals surface area contributed by atoms with Crippen molar-refractivity contribution in [2.45, 2.75) is 18.8 Å². The van der Waals surface area contributed by atoms with Gasteiger partial charge in [0.2, 0.25) is 0 Å². The largest absolute Gasteiger partial charge is 0.381 e. The molecular weight excluding hydrogens is 288 g/mol. The zero-order valence-corrected chi connectivity index (χ0v) is 12.7. The molecule has 0 spiro atoms. The standard InChI is InChI=1S/C14H18N4O2S/c1-18(5-2-12-15-4-7-21-12)14(19)11-8-16-17-13(11)10-3-6-20-9-10/h4,7-8,10H,2-3,5-6,9H2,1H3,(H,16,17). The van der Waals surface area contributed by atoms with Crippen molar-refractivity contribution in [2.24, 2.45) is 0 Å². The van der Waals surface area contributed by atoms with Gasteiger partial charge < -0.3 is 9.64 Å². The normalized spacial score (nSPS) is 18.0. The molecule has 2 aromatic heterocycles. The number of nitrogens with zero attached hydrogens (tertiary/aromatic N) is 3. The van der Waals surface area contributed by atoms with Crippen molar-refractivity contribution < 1.29 is 9.53 Å². The molecule has 0 radical (unpaired) electrons. The Labute approximate surface area is 127 Å². The molecule has 1 aliphatic heterocycles. The molecule has 0 bridgehead atoms. The van der Waals surface area contributed by atoms with E-state index in [1.54, 1.807) is 28.6 Å². The lowest BCUT2D eigenvalue weighted by atomic mass is 10.0. The summed E-state index contributed by atoms with van der Waals surface area (Å²) in [6.45, 7) is 2.06. The van der Waals surface area contributed by atoms with Gasteiger partial charge >= 0.3 is 0 Å². The van der Waals surface area contributed by atoms with Crippen LogP contribution in [0.5, 0.6) is 0 Å². The van der Waals surface area contributed by atoms with Gasteiger partial charge in [0.05, 0.1) is 29.1 Å². The van der Waals surface area contributed by atoms with E-state index in [0.29, 0.717) is 18.7 Å². The zero-order valence-electron chi connectivity index (χ0n) is 11.9. The van der Waals surface area contributed by atoms with Crippen LogP contribution in [-0.4, -0.2) is 52.8 Å². The molecule has 1 amide bonds. The molecule has 7 heteroatoms. The van der Waals surface area contributed by atoms with Crippen molar-refractivity contribution in [1.82, 2.24) is 20.1 Å². The van der Waals surface area contributed by atoms with E-state index in [1.807, 2.05) is 12.4 Å². The predicted octanol–water partition coefficient (Wildman–Crippen LogP) is 1.68. The number of likely N-dealkylation sites (N-methyl/N-ethyl adjacent to an activating group) is 1. The highest BCUT2D eigenvalue weighted by molar-refractivity contribution is 7.09. The summed E-state index contributed by atoms with van der Waals surface area (Å²) >= 11 is 1.61. The molecule has 112 valence electrons. The highest BCUT2D eigenvalue weighted by Gasteiger charge is 2.26. The molecule has 0 aliphatic carbocycles. The predicted molar refractivity (Wildman–Crippen MR) is 79.5 cm³/mol. The second kappa shape index (κ2) is 6.36. The number of aromatic nitrogens is 3. The first-order chi connectivity index (χ1) is 10.3. The SMILES string of the molecule is CN(CCc1nccs1)C(=O)c1cn[nH]c1C1CCOC1. The second-order valence-corrected chi connectivity index (χ2v) is 6.14. The Morgan fingerprint density at radius 1 is 1.62 bits per heavy atom. The Morgan fingerprint density at radius 3 is 3.24 bits per heavy atom. The van der Waals surface area contributed by atoms with E-state index in [0.717, 1.165) is 30.2 Å². The average molecular weight is 306 g/mol. The third-order valence-corrected chi connectivity index (χ3v) is 4.57. The van der Waals surface area contributed by atoms with Gasteiger partial charge in [0, 0.05) is 44.1 Å². The van der Waals surface area contributed by atoms with Crippen LogP contribution in [0.25, 0.3) is 0 Å². The molecule has 2 aromatic rings. The number of H-pyrrole nitrogens is 1. The van der Waals surface area contributed by atoms with Crippen molar-refractivity contribution in [3.63, 3.8) is 0 Å². The Hall–Kier alpha value is -1.73. The van der Waals surface area contributed by atoms with Gasteiger partial charge in [-0.05, 0) is 6.42 Å². The fourth-order valence-corrected chi connectivity index (χ4v) is 3.10. The van der Waals surface area contributed by atoms with Crippen molar-refractivity contribution >= 4 is 17.2 Å². The minimum Gasteiger partial charge on any atom is -0.381 e. The first kappa shape index (κ1) is 14.2. The topological polar surface area (TPSA) is 71.1 Å². The van der Waals surface area contributed by atoms with Crippen LogP contribution in [0.1, 0.15) is 33.4 Å². The summed E-state index contributed by atoms with van der Waals surface area (Å²) in [6, 6.07) is 0. The quantitative estimate of drug-likeness (QED) is 0.912. The molecular formula is C14H18N4O2S. The molecule has 0 saturated carbocycles. The maximum atomic E-state index is 12.6. The molecule has 6 nitrogen and oxygen atoms in total. The molecule has 1 fully saturated rings. The lowest BCUT2D eigenvalue weighted by Gasteiger charge is -2.17. The zero-order chi connectivity index (χ0) is 14.7. The van der Waals surface area contributed by atoms with Crippen LogP contribution >= 0.6 is 11.3 Å². The number of ether oxygens (including phenoxy) is 1. The van der Waals surface area contributed by atoms with Crippen LogP contribution in [0.4, 0.5) is 0 Å². The van der Waals surface area contributed by atoms with E-state index in [1.165, 1.54) is 0 Å². The smallest absolute Gasteiger partial charge is 0.257 e. The van der Waals surface area contributed by atoms with Crippen LogP contribution in [0.3, 0.4) is 0 Å². The van der Waals surface area contributed by atoms with Crippen molar-refractivity contribution in [3.05, 3.63) is 34.0 Å². The minimum absolute atomic E-state index is 0.00204. The summed E-state index contributed by atoms with van der Waals surface area (Å²) in [4.78, 5) is 18.5. The molecule has 3 heterocycles. The Balaban J connectivity index is 1.65. The number of thiazole rings is 1. The molecule has 1 saturated heterocycles. The van der Waals surface area contributed by atoms with Crippen LogP contribution < -0.4 is 0 Å². The fraction of sp³-hybridized carbons (Fsp3) is 0.500. The molecule has 1 N–H and O–H groups in total. The summed E-state index contributed by atoms with van der Waals surface area (Å²) in [7, 11) is 1.82. The number of nitrogens with one attached hydrogen (secondary N) is 1. The van der Waals surface area contributed by atoms with Gasteiger partial charge in [-0.2, -0.15) is 5.10 Å². The fourth-order valence-electron chi connectivity index (χ4n) is 2.49. The van der Waals surface area contributed by atoms with Gasteiger partial charge in [-0.1, -0.05) is 0 Å². The highest BCUT2D eigenvalue weighted by atomic mass is 32.1. The van der Waals surface area contributed by atoms with Gasteiger partial charge in [-0.25, -0.2) is 4.98 Å². The van der Waals surface area contributed by atoms with Crippen LogP contribution in [0, 0.1) is 0 Å². The summed E-state index contributed by atoms with van der Waals surface area (Å²) in [6.07, 6.45) is 5.12. The minimum atomic E-state index is 0.00204. The Morgan fingerprint density at radius 2 is 2.52 bits per heavy atom. The Kier molecular flexibility index (Phi) is 4.31. The van der Waals surface area contributed by atoms with Gasteiger partial charge in [0.25, 0.3) is 5.91 Å². The van der Waals surface area contributed by atoms with E-state index in [4.69, 9.17) is 4.74 Å². The second-order valence-electron chi connectivity index (χ2n) is 5.16. The number of hydrogen-bond donors (Lipinski definition) is 1. The van der Waals surface area contributed by atoms with Gasteiger partial charge in [-0.15, -0.1) is 11.3 Å². The average Bonchev–Trinajstić information content (AvgIpc) is 3.25. The summed E-state index contributed by atoms with van der Waals surface area (Å²) in [5.74, 6) is 0.251. The maximum absolute atomic E-state index is 12.6. The van der Waals surface area contributed by atoms with E-state index in [9.17, 15) is 4.79 Å². The van der Waals surface area contributed by atoms with Crippen molar-refractivity contribution in [2.75, 3.05) is 26.8 Å².